The molecule has 0 saturated heterocycles. The van der Waals surface area contributed by atoms with Crippen LogP contribution in [0.15, 0.2) is 54.2 Å². The van der Waals surface area contributed by atoms with Crippen molar-refractivity contribution in [1.29, 1.82) is 0 Å². The molecule has 0 fully saturated rings. The minimum atomic E-state index is -0.326. The number of aromatic nitrogens is 1. The van der Waals surface area contributed by atoms with E-state index in [1.54, 1.807) is 30.5 Å². The molecule has 2 aromatic rings. The third-order valence-corrected chi connectivity index (χ3v) is 4.55. The van der Waals surface area contributed by atoms with Gasteiger partial charge in [0.2, 0.25) is 0 Å². The Morgan fingerprint density at radius 2 is 2.08 bits per heavy atom. The summed E-state index contributed by atoms with van der Waals surface area (Å²) in [4.78, 5) is 16.4. The second kappa shape index (κ2) is 9.13. The molecule has 5 heteroatoms. The Kier molecular flexibility index (Phi) is 6.36. The monoisotopic (exact) mass is 353 g/mol. The van der Waals surface area contributed by atoms with Gasteiger partial charge < -0.3 is 10.6 Å². The van der Waals surface area contributed by atoms with E-state index in [-0.39, 0.29) is 18.3 Å². The SMILES string of the molecule is O=C(NCc1ccccc1F)c1cc(NCCC2=CCCCC2)ccn1. The molecule has 0 atom stereocenters. The quantitative estimate of drug-likeness (QED) is 0.723. The van der Waals surface area contributed by atoms with Crippen LogP contribution in [0.3, 0.4) is 0 Å². The summed E-state index contributed by atoms with van der Waals surface area (Å²) in [5.74, 6) is -0.639. The van der Waals surface area contributed by atoms with E-state index in [1.807, 2.05) is 6.07 Å². The zero-order chi connectivity index (χ0) is 18.2. The topological polar surface area (TPSA) is 54.0 Å². The number of hydrogen-bond donors (Lipinski definition) is 2. The Labute approximate surface area is 153 Å². The molecule has 1 aromatic heterocycles. The Morgan fingerprint density at radius 3 is 2.88 bits per heavy atom. The molecule has 1 amide bonds. The predicted octanol–water partition coefficient (Wildman–Crippen LogP) is 4.45. The molecule has 1 aromatic carbocycles. The summed E-state index contributed by atoms with van der Waals surface area (Å²) < 4.78 is 13.6. The van der Waals surface area contributed by atoms with Crippen molar-refractivity contribution in [1.82, 2.24) is 10.3 Å². The maximum Gasteiger partial charge on any atom is 0.270 e. The zero-order valence-corrected chi connectivity index (χ0v) is 14.8. The van der Waals surface area contributed by atoms with Gasteiger partial charge in [-0.1, -0.05) is 29.8 Å². The van der Waals surface area contributed by atoms with Gasteiger partial charge in [0.25, 0.3) is 5.91 Å². The van der Waals surface area contributed by atoms with Crippen molar-refractivity contribution in [2.75, 3.05) is 11.9 Å². The van der Waals surface area contributed by atoms with Crippen LogP contribution in [-0.4, -0.2) is 17.4 Å². The average molecular weight is 353 g/mol. The lowest BCUT2D eigenvalue weighted by Gasteiger charge is -2.13. The van der Waals surface area contributed by atoms with Crippen LogP contribution in [0.1, 0.15) is 48.2 Å². The molecule has 2 N–H and O–H groups in total. The number of amides is 1. The van der Waals surface area contributed by atoms with Gasteiger partial charge in [0.1, 0.15) is 11.5 Å². The number of nitrogens with one attached hydrogen (secondary N) is 2. The van der Waals surface area contributed by atoms with E-state index in [2.05, 4.69) is 21.7 Å². The molecule has 136 valence electrons. The summed E-state index contributed by atoms with van der Waals surface area (Å²) >= 11 is 0. The lowest BCUT2D eigenvalue weighted by Crippen LogP contribution is -2.24. The molecule has 4 nitrogen and oxygen atoms in total. The van der Waals surface area contributed by atoms with E-state index < -0.39 is 0 Å². The molecule has 0 spiro atoms. The first-order chi connectivity index (χ1) is 12.7. The summed E-state index contributed by atoms with van der Waals surface area (Å²) in [6.45, 7) is 0.977. The summed E-state index contributed by atoms with van der Waals surface area (Å²) in [6, 6.07) is 9.98. The summed E-state index contributed by atoms with van der Waals surface area (Å²) in [7, 11) is 0. The summed E-state index contributed by atoms with van der Waals surface area (Å²) in [6.07, 6.45) is 9.95. The van der Waals surface area contributed by atoms with Crippen LogP contribution in [0.25, 0.3) is 0 Å². The van der Waals surface area contributed by atoms with E-state index >= 15 is 0 Å². The van der Waals surface area contributed by atoms with Crippen molar-refractivity contribution in [2.45, 2.75) is 38.6 Å². The molecule has 0 aliphatic heterocycles. The molecule has 26 heavy (non-hydrogen) atoms. The van der Waals surface area contributed by atoms with Gasteiger partial charge in [-0.2, -0.15) is 0 Å². The minimum Gasteiger partial charge on any atom is -0.385 e. The van der Waals surface area contributed by atoms with Gasteiger partial charge in [0.05, 0.1) is 0 Å². The zero-order valence-electron chi connectivity index (χ0n) is 14.8. The van der Waals surface area contributed by atoms with Gasteiger partial charge >= 0.3 is 0 Å². The lowest BCUT2D eigenvalue weighted by molar-refractivity contribution is 0.0945. The standard InChI is InChI=1S/C21H24FN3O/c22-19-9-5-4-8-17(19)15-25-21(26)20-14-18(11-13-24-20)23-12-10-16-6-2-1-3-7-16/h4-6,8-9,11,13-14H,1-3,7,10,12,15H2,(H,23,24)(H,25,26). The fourth-order valence-corrected chi connectivity index (χ4v) is 3.07. The fourth-order valence-electron chi connectivity index (χ4n) is 3.07. The largest absolute Gasteiger partial charge is 0.385 e. The first-order valence-corrected chi connectivity index (χ1v) is 9.12. The van der Waals surface area contributed by atoms with Crippen LogP contribution in [-0.2, 0) is 6.54 Å². The van der Waals surface area contributed by atoms with Crippen molar-refractivity contribution in [3.63, 3.8) is 0 Å². The maximum atomic E-state index is 13.6. The van der Waals surface area contributed by atoms with Crippen LogP contribution in [0, 0.1) is 5.82 Å². The molecule has 0 radical (unpaired) electrons. The number of anilines is 1. The Bertz CT molecular complexity index is 788. The van der Waals surface area contributed by atoms with Crippen molar-refractivity contribution >= 4 is 11.6 Å². The van der Waals surface area contributed by atoms with Crippen molar-refractivity contribution in [3.05, 3.63) is 71.3 Å². The molecule has 1 heterocycles. The second-order valence-corrected chi connectivity index (χ2v) is 6.49. The highest BCUT2D eigenvalue weighted by Crippen LogP contribution is 2.20. The van der Waals surface area contributed by atoms with Gasteiger partial charge in [0, 0.05) is 30.5 Å². The van der Waals surface area contributed by atoms with Gasteiger partial charge in [-0.15, -0.1) is 0 Å². The molecule has 0 bridgehead atoms. The summed E-state index contributed by atoms with van der Waals surface area (Å²) in [5.41, 5.74) is 3.16. The van der Waals surface area contributed by atoms with Gasteiger partial charge in [0.15, 0.2) is 0 Å². The van der Waals surface area contributed by atoms with E-state index in [9.17, 15) is 9.18 Å². The highest BCUT2D eigenvalue weighted by molar-refractivity contribution is 5.93. The Balaban J connectivity index is 1.52. The molecule has 3 rings (SSSR count). The van der Waals surface area contributed by atoms with Crippen molar-refractivity contribution < 1.29 is 9.18 Å². The minimum absolute atomic E-state index is 0.138. The molecular formula is C21H24FN3O. The van der Waals surface area contributed by atoms with Crippen molar-refractivity contribution in [3.8, 4) is 0 Å². The number of carbonyl (C=O) groups excluding carboxylic acids is 1. The van der Waals surface area contributed by atoms with Gasteiger partial charge in [-0.3, -0.25) is 9.78 Å². The number of hydrogen-bond acceptors (Lipinski definition) is 3. The normalized spacial score (nSPS) is 13.8. The second-order valence-electron chi connectivity index (χ2n) is 6.49. The van der Waals surface area contributed by atoms with Gasteiger partial charge in [-0.05, 0) is 50.3 Å². The Hall–Kier alpha value is -2.69. The average Bonchev–Trinajstić information content (AvgIpc) is 2.68. The first-order valence-electron chi connectivity index (χ1n) is 9.12. The first kappa shape index (κ1) is 18.1. The third kappa shape index (κ3) is 5.15. The number of halogens is 1. The number of benzene rings is 1. The van der Waals surface area contributed by atoms with Crippen LogP contribution < -0.4 is 10.6 Å². The van der Waals surface area contributed by atoms with E-state index in [1.165, 1.54) is 37.3 Å². The molecule has 1 aliphatic carbocycles. The number of rotatable bonds is 7. The smallest absolute Gasteiger partial charge is 0.270 e. The lowest BCUT2D eigenvalue weighted by atomic mass is 9.97. The fraction of sp³-hybridized carbons (Fsp3) is 0.333. The number of pyridine rings is 1. The third-order valence-electron chi connectivity index (χ3n) is 4.55. The van der Waals surface area contributed by atoms with E-state index in [0.29, 0.717) is 11.3 Å². The van der Waals surface area contributed by atoms with Crippen LogP contribution >= 0.6 is 0 Å². The van der Waals surface area contributed by atoms with Gasteiger partial charge in [-0.25, -0.2) is 4.39 Å². The number of nitrogens with zero attached hydrogens (tertiary/aromatic N) is 1. The molecule has 0 saturated carbocycles. The highest BCUT2D eigenvalue weighted by Gasteiger charge is 2.09. The number of allylic oxidation sites excluding steroid dienone is 1. The van der Waals surface area contributed by atoms with E-state index in [0.717, 1.165) is 18.7 Å². The Morgan fingerprint density at radius 1 is 1.19 bits per heavy atom. The molecule has 0 unspecified atom stereocenters. The van der Waals surface area contributed by atoms with Crippen LogP contribution in [0.4, 0.5) is 10.1 Å². The van der Waals surface area contributed by atoms with E-state index in [4.69, 9.17) is 0 Å². The number of carbonyl (C=O) groups is 1. The van der Waals surface area contributed by atoms with Crippen molar-refractivity contribution in [2.24, 2.45) is 0 Å². The highest BCUT2D eigenvalue weighted by atomic mass is 19.1. The molecule has 1 aliphatic rings. The summed E-state index contributed by atoms with van der Waals surface area (Å²) in [5, 5.41) is 6.06. The van der Waals surface area contributed by atoms with Crippen LogP contribution in [0.5, 0.6) is 0 Å². The molecular weight excluding hydrogens is 329 g/mol. The maximum absolute atomic E-state index is 13.6. The predicted molar refractivity (Wildman–Crippen MR) is 101 cm³/mol. The van der Waals surface area contributed by atoms with Crippen LogP contribution in [0.2, 0.25) is 0 Å².